The van der Waals surface area contributed by atoms with Gasteiger partial charge in [-0.05, 0) is 13.8 Å². The monoisotopic (exact) mass is 211 g/mol. The van der Waals surface area contributed by atoms with E-state index >= 15 is 0 Å². The summed E-state index contributed by atoms with van der Waals surface area (Å²) in [5.74, 6) is 0. The van der Waals surface area contributed by atoms with Crippen molar-refractivity contribution in [1.82, 2.24) is 15.1 Å². The SMILES string of the molecule is COC(=O)N1Cc2c([nH][nH]c2=O)C1(C)C. The Bertz CT molecular complexity index is 457. The molecule has 1 amide bonds. The van der Waals surface area contributed by atoms with Crippen molar-refractivity contribution in [2.75, 3.05) is 7.11 Å². The van der Waals surface area contributed by atoms with Gasteiger partial charge in [-0.3, -0.25) is 19.9 Å². The molecule has 6 nitrogen and oxygen atoms in total. The van der Waals surface area contributed by atoms with E-state index < -0.39 is 11.6 Å². The van der Waals surface area contributed by atoms with Gasteiger partial charge in [-0.2, -0.15) is 0 Å². The van der Waals surface area contributed by atoms with Crippen LogP contribution < -0.4 is 5.56 Å². The number of nitrogens with one attached hydrogen (secondary N) is 2. The average molecular weight is 211 g/mol. The van der Waals surface area contributed by atoms with Crippen LogP contribution in [-0.4, -0.2) is 28.3 Å². The second-order valence-electron chi connectivity index (χ2n) is 4.05. The number of carbonyl (C=O) groups excluding carboxylic acids is 1. The van der Waals surface area contributed by atoms with Crippen LogP contribution in [0.4, 0.5) is 4.79 Å². The standard InChI is InChI=1S/C9H13N3O3/c1-9(2)6-5(7(13)11-10-6)4-12(9)8(14)15-3/h4H2,1-3H3,(H2,10,11,13). The zero-order valence-electron chi connectivity index (χ0n) is 8.88. The van der Waals surface area contributed by atoms with Crippen LogP contribution in [0.1, 0.15) is 25.1 Å². The molecule has 0 fully saturated rings. The highest BCUT2D eigenvalue weighted by Gasteiger charge is 2.43. The molecule has 6 heteroatoms. The fourth-order valence-corrected chi connectivity index (χ4v) is 1.95. The molecule has 0 saturated heterocycles. The minimum atomic E-state index is -0.540. The second-order valence-corrected chi connectivity index (χ2v) is 4.05. The van der Waals surface area contributed by atoms with Crippen LogP contribution in [0.25, 0.3) is 0 Å². The molecule has 0 radical (unpaired) electrons. The number of aromatic nitrogens is 2. The minimum absolute atomic E-state index is 0.176. The molecule has 0 atom stereocenters. The molecule has 0 spiro atoms. The normalized spacial score (nSPS) is 17.7. The number of rotatable bonds is 0. The first-order chi connectivity index (χ1) is 6.98. The van der Waals surface area contributed by atoms with Crippen LogP contribution >= 0.6 is 0 Å². The molecular formula is C9H13N3O3. The zero-order chi connectivity index (χ0) is 11.2. The fraction of sp³-hybridized carbons (Fsp3) is 0.556. The third kappa shape index (κ3) is 1.17. The topological polar surface area (TPSA) is 78.2 Å². The Morgan fingerprint density at radius 2 is 2.13 bits per heavy atom. The molecule has 82 valence electrons. The van der Waals surface area contributed by atoms with Crippen molar-refractivity contribution in [1.29, 1.82) is 0 Å². The lowest BCUT2D eigenvalue weighted by atomic mass is 10.0. The van der Waals surface area contributed by atoms with Gasteiger partial charge in [0.1, 0.15) is 0 Å². The number of methoxy groups -OCH3 is 1. The van der Waals surface area contributed by atoms with E-state index in [2.05, 4.69) is 14.9 Å². The molecule has 0 aromatic carbocycles. The van der Waals surface area contributed by atoms with E-state index in [1.54, 1.807) is 0 Å². The molecule has 0 aliphatic carbocycles. The summed E-state index contributed by atoms with van der Waals surface area (Å²) in [7, 11) is 1.33. The van der Waals surface area contributed by atoms with E-state index in [9.17, 15) is 9.59 Å². The highest BCUT2D eigenvalue weighted by molar-refractivity contribution is 5.70. The van der Waals surface area contributed by atoms with Gasteiger partial charge in [0.25, 0.3) is 5.56 Å². The maximum absolute atomic E-state index is 11.5. The van der Waals surface area contributed by atoms with E-state index in [0.717, 1.165) is 5.69 Å². The van der Waals surface area contributed by atoms with Crippen LogP contribution in [0.5, 0.6) is 0 Å². The molecule has 2 N–H and O–H groups in total. The van der Waals surface area contributed by atoms with Crippen molar-refractivity contribution in [3.05, 3.63) is 21.6 Å². The van der Waals surface area contributed by atoms with Crippen molar-refractivity contribution in [3.8, 4) is 0 Å². The summed E-state index contributed by atoms with van der Waals surface area (Å²) in [6.07, 6.45) is -0.427. The molecule has 2 heterocycles. The Kier molecular flexibility index (Phi) is 1.89. The van der Waals surface area contributed by atoms with Gasteiger partial charge in [0.15, 0.2) is 0 Å². The number of nitrogens with zero attached hydrogens (tertiary/aromatic N) is 1. The molecule has 0 saturated carbocycles. The molecule has 1 aliphatic rings. The fourth-order valence-electron chi connectivity index (χ4n) is 1.95. The summed E-state index contributed by atoms with van der Waals surface area (Å²) in [5, 5.41) is 5.31. The van der Waals surface area contributed by atoms with Crippen LogP contribution in [0.2, 0.25) is 0 Å². The number of carbonyl (C=O) groups is 1. The number of hydrogen-bond acceptors (Lipinski definition) is 3. The van der Waals surface area contributed by atoms with E-state index in [1.165, 1.54) is 12.0 Å². The summed E-state index contributed by atoms with van der Waals surface area (Å²) in [6.45, 7) is 4.01. The molecule has 1 aromatic heterocycles. The third-order valence-corrected chi connectivity index (χ3v) is 2.87. The number of ether oxygens (including phenoxy) is 1. The first kappa shape index (κ1) is 9.82. The van der Waals surface area contributed by atoms with Crippen LogP contribution in [0, 0.1) is 0 Å². The third-order valence-electron chi connectivity index (χ3n) is 2.87. The van der Waals surface area contributed by atoms with Crippen molar-refractivity contribution < 1.29 is 9.53 Å². The molecule has 15 heavy (non-hydrogen) atoms. The van der Waals surface area contributed by atoms with E-state index in [-0.39, 0.29) is 12.1 Å². The Hall–Kier alpha value is -1.72. The Morgan fingerprint density at radius 1 is 1.47 bits per heavy atom. The summed E-state index contributed by atoms with van der Waals surface area (Å²) >= 11 is 0. The van der Waals surface area contributed by atoms with Crippen LogP contribution in [0.15, 0.2) is 4.79 Å². The Labute approximate surface area is 86.2 Å². The maximum atomic E-state index is 11.5. The van der Waals surface area contributed by atoms with Crippen LogP contribution in [0.3, 0.4) is 0 Å². The zero-order valence-corrected chi connectivity index (χ0v) is 8.88. The quantitative estimate of drug-likeness (QED) is 0.656. The molecule has 2 rings (SSSR count). The molecule has 1 aromatic rings. The van der Waals surface area contributed by atoms with Gasteiger partial charge in [-0.15, -0.1) is 0 Å². The predicted molar refractivity (Wildman–Crippen MR) is 52.4 cm³/mol. The average Bonchev–Trinajstić information content (AvgIpc) is 2.66. The minimum Gasteiger partial charge on any atom is -0.453 e. The first-order valence-electron chi connectivity index (χ1n) is 4.64. The summed E-state index contributed by atoms with van der Waals surface area (Å²) in [4.78, 5) is 24.4. The van der Waals surface area contributed by atoms with E-state index in [1.807, 2.05) is 13.8 Å². The Morgan fingerprint density at radius 3 is 2.67 bits per heavy atom. The number of amides is 1. The Balaban J connectivity index is 2.47. The highest BCUT2D eigenvalue weighted by Crippen LogP contribution is 2.35. The number of H-pyrrole nitrogens is 2. The maximum Gasteiger partial charge on any atom is 0.410 e. The van der Waals surface area contributed by atoms with Crippen molar-refractivity contribution in [3.63, 3.8) is 0 Å². The van der Waals surface area contributed by atoms with Gasteiger partial charge in [-0.25, -0.2) is 4.79 Å². The lowest BCUT2D eigenvalue weighted by molar-refractivity contribution is 0.0810. The van der Waals surface area contributed by atoms with E-state index in [0.29, 0.717) is 5.56 Å². The van der Waals surface area contributed by atoms with Crippen molar-refractivity contribution >= 4 is 6.09 Å². The van der Waals surface area contributed by atoms with Crippen molar-refractivity contribution in [2.45, 2.75) is 25.9 Å². The van der Waals surface area contributed by atoms with Crippen LogP contribution in [-0.2, 0) is 16.8 Å². The number of hydrogen-bond donors (Lipinski definition) is 2. The lowest BCUT2D eigenvalue weighted by Gasteiger charge is -2.30. The lowest BCUT2D eigenvalue weighted by Crippen LogP contribution is -2.40. The largest absolute Gasteiger partial charge is 0.453 e. The van der Waals surface area contributed by atoms with Gasteiger partial charge in [0.2, 0.25) is 0 Å². The number of aromatic amines is 2. The first-order valence-corrected chi connectivity index (χ1v) is 4.64. The molecule has 0 unspecified atom stereocenters. The molecule has 1 aliphatic heterocycles. The van der Waals surface area contributed by atoms with E-state index in [4.69, 9.17) is 0 Å². The second kappa shape index (κ2) is 2.88. The molecular weight excluding hydrogens is 198 g/mol. The van der Waals surface area contributed by atoms with Gasteiger partial charge in [0, 0.05) is 0 Å². The van der Waals surface area contributed by atoms with Gasteiger partial charge in [-0.1, -0.05) is 0 Å². The number of fused-ring (bicyclic) bond motifs is 1. The van der Waals surface area contributed by atoms with Gasteiger partial charge in [0.05, 0.1) is 30.5 Å². The summed E-state index contributed by atoms with van der Waals surface area (Å²) in [5.41, 5.74) is 0.634. The summed E-state index contributed by atoms with van der Waals surface area (Å²) in [6, 6.07) is 0. The van der Waals surface area contributed by atoms with Crippen molar-refractivity contribution in [2.24, 2.45) is 0 Å². The van der Waals surface area contributed by atoms with Gasteiger partial charge < -0.3 is 4.74 Å². The molecule has 0 bridgehead atoms. The predicted octanol–water partition coefficient (Wildman–Crippen LogP) is 0.520. The smallest absolute Gasteiger partial charge is 0.410 e. The highest BCUT2D eigenvalue weighted by atomic mass is 16.5. The summed E-state index contributed by atoms with van der Waals surface area (Å²) < 4.78 is 4.67. The van der Waals surface area contributed by atoms with Gasteiger partial charge >= 0.3 is 6.09 Å².